The number of rotatable bonds is 5. The molecule has 1 atom stereocenters. The number of hydrogen-bond acceptors (Lipinski definition) is 3. The number of nitrogens with zero attached hydrogens (tertiary/aromatic N) is 1. The van der Waals surface area contributed by atoms with Crippen LogP contribution in [0.2, 0.25) is 5.02 Å². The van der Waals surface area contributed by atoms with Crippen LogP contribution in [0.1, 0.15) is 42.1 Å². The summed E-state index contributed by atoms with van der Waals surface area (Å²) in [5, 5.41) is 5.47. The molecular formula is C28H23ClN2O2. The summed E-state index contributed by atoms with van der Waals surface area (Å²) >= 11 is 6.39. The molecule has 5 aromatic rings. The number of oxazole rings is 1. The van der Waals surface area contributed by atoms with Crippen molar-refractivity contribution in [2.24, 2.45) is 0 Å². The molecule has 0 aliphatic carbocycles. The molecular weight excluding hydrogens is 432 g/mol. The number of carbonyl (C=O) groups excluding carboxylic acids is 1. The molecule has 33 heavy (non-hydrogen) atoms. The van der Waals surface area contributed by atoms with Crippen molar-refractivity contribution < 1.29 is 9.21 Å². The average Bonchev–Trinajstić information content (AvgIpc) is 3.28. The molecule has 0 fully saturated rings. The Bertz CT molecular complexity index is 1490. The average molecular weight is 455 g/mol. The van der Waals surface area contributed by atoms with Crippen LogP contribution in [-0.2, 0) is 0 Å². The minimum absolute atomic E-state index is 0.226. The zero-order valence-electron chi connectivity index (χ0n) is 18.4. The maximum Gasteiger partial charge on any atom is 0.255 e. The van der Waals surface area contributed by atoms with E-state index in [0.717, 1.165) is 33.9 Å². The van der Waals surface area contributed by atoms with E-state index < -0.39 is 0 Å². The van der Waals surface area contributed by atoms with Crippen LogP contribution in [0.25, 0.3) is 33.3 Å². The van der Waals surface area contributed by atoms with Crippen molar-refractivity contribution in [1.82, 2.24) is 4.98 Å². The molecule has 0 aliphatic heterocycles. The number of fused-ring (bicyclic) bond motifs is 2. The fourth-order valence-electron chi connectivity index (χ4n) is 3.89. The molecule has 1 N–H and O–H groups in total. The minimum atomic E-state index is -0.226. The van der Waals surface area contributed by atoms with E-state index in [0.29, 0.717) is 28.1 Å². The van der Waals surface area contributed by atoms with Gasteiger partial charge in [-0.25, -0.2) is 4.98 Å². The summed E-state index contributed by atoms with van der Waals surface area (Å²) in [4.78, 5) is 17.6. The number of anilines is 1. The molecule has 0 spiro atoms. The van der Waals surface area contributed by atoms with E-state index in [9.17, 15) is 4.79 Å². The fourth-order valence-corrected chi connectivity index (χ4v) is 4.05. The van der Waals surface area contributed by atoms with E-state index in [2.05, 4.69) is 36.3 Å². The van der Waals surface area contributed by atoms with Gasteiger partial charge in [0.25, 0.3) is 5.91 Å². The third-order valence-corrected chi connectivity index (χ3v) is 6.40. The van der Waals surface area contributed by atoms with Crippen molar-refractivity contribution in [3.05, 3.63) is 95.0 Å². The van der Waals surface area contributed by atoms with Crippen molar-refractivity contribution in [2.45, 2.75) is 26.2 Å². The van der Waals surface area contributed by atoms with E-state index in [1.54, 1.807) is 12.1 Å². The molecule has 1 heterocycles. The molecule has 5 heteroatoms. The molecule has 1 aromatic heterocycles. The van der Waals surface area contributed by atoms with Gasteiger partial charge in [-0.05, 0) is 71.1 Å². The summed E-state index contributed by atoms with van der Waals surface area (Å²) in [5.74, 6) is 0.724. The number of aromatic nitrogens is 1. The lowest BCUT2D eigenvalue weighted by Crippen LogP contribution is -2.12. The van der Waals surface area contributed by atoms with Crippen LogP contribution in [0.5, 0.6) is 0 Å². The van der Waals surface area contributed by atoms with Crippen LogP contribution in [0, 0.1) is 0 Å². The first-order chi connectivity index (χ1) is 16.0. The van der Waals surface area contributed by atoms with Crippen molar-refractivity contribution in [2.75, 3.05) is 5.32 Å². The van der Waals surface area contributed by atoms with Gasteiger partial charge in [0.05, 0.1) is 10.7 Å². The first kappa shape index (κ1) is 21.2. The monoisotopic (exact) mass is 454 g/mol. The highest BCUT2D eigenvalue weighted by Crippen LogP contribution is 2.32. The highest BCUT2D eigenvalue weighted by molar-refractivity contribution is 6.34. The molecule has 0 saturated carbocycles. The molecule has 4 nitrogen and oxygen atoms in total. The van der Waals surface area contributed by atoms with E-state index >= 15 is 0 Å². The van der Waals surface area contributed by atoms with Crippen molar-refractivity contribution >= 4 is 45.1 Å². The molecule has 0 saturated heterocycles. The third kappa shape index (κ3) is 4.22. The highest BCUT2D eigenvalue weighted by Gasteiger charge is 2.14. The normalized spacial score (nSPS) is 12.2. The number of hydrogen-bond donors (Lipinski definition) is 1. The molecule has 5 rings (SSSR count). The van der Waals surface area contributed by atoms with E-state index in [-0.39, 0.29) is 5.91 Å². The molecule has 0 radical (unpaired) electrons. The number of carbonyl (C=O) groups is 1. The number of halogens is 1. The summed E-state index contributed by atoms with van der Waals surface area (Å²) in [6, 6.07) is 25.1. The Labute approximate surface area is 197 Å². The minimum Gasteiger partial charge on any atom is -0.436 e. The second-order valence-corrected chi connectivity index (χ2v) is 8.67. The van der Waals surface area contributed by atoms with Gasteiger partial charge in [-0.15, -0.1) is 0 Å². The number of benzene rings is 4. The summed E-state index contributed by atoms with van der Waals surface area (Å²) in [7, 11) is 0. The van der Waals surface area contributed by atoms with Crippen LogP contribution in [-0.4, -0.2) is 10.9 Å². The predicted molar refractivity (Wildman–Crippen MR) is 135 cm³/mol. The largest absolute Gasteiger partial charge is 0.436 e. The van der Waals surface area contributed by atoms with Crippen molar-refractivity contribution in [1.29, 1.82) is 0 Å². The molecule has 1 amide bonds. The smallest absolute Gasteiger partial charge is 0.255 e. The van der Waals surface area contributed by atoms with Crippen molar-refractivity contribution in [3.63, 3.8) is 0 Å². The fraction of sp³-hybridized carbons (Fsp3) is 0.143. The maximum absolute atomic E-state index is 12.9. The van der Waals surface area contributed by atoms with E-state index in [4.69, 9.17) is 16.0 Å². The Hall–Kier alpha value is -3.63. The van der Waals surface area contributed by atoms with Gasteiger partial charge >= 0.3 is 0 Å². The first-order valence-corrected chi connectivity index (χ1v) is 11.4. The van der Waals surface area contributed by atoms with Gasteiger partial charge < -0.3 is 9.73 Å². The Morgan fingerprint density at radius 1 is 1.00 bits per heavy atom. The van der Waals surface area contributed by atoms with Gasteiger partial charge in [0.2, 0.25) is 5.89 Å². The van der Waals surface area contributed by atoms with Gasteiger partial charge in [0.15, 0.2) is 5.58 Å². The first-order valence-electron chi connectivity index (χ1n) is 11.0. The lowest BCUT2D eigenvalue weighted by molar-refractivity contribution is 0.102. The van der Waals surface area contributed by atoms with Gasteiger partial charge in [-0.3, -0.25) is 4.79 Å². The van der Waals surface area contributed by atoms with Gasteiger partial charge in [-0.1, -0.05) is 61.8 Å². The summed E-state index contributed by atoms with van der Waals surface area (Å²) in [6.07, 6.45) is 1.06. The lowest BCUT2D eigenvalue weighted by Gasteiger charge is -2.09. The van der Waals surface area contributed by atoms with Crippen LogP contribution in [0.4, 0.5) is 5.69 Å². The number of amides is 1. The second kappa shape index (κ2) is 8.72. The predicted octanol–water partition coefficient (Wildman–Crippen LogP) is 8.07. The third-order valence-electron chi connectivity index (χ3n) is 6.07. The zero-order chi connectivity index (χ0) is 22.9. The maximum atomic E-state index is 12.9. The van der Waals surface area contributed by atoms with Gasteiger partial charge in [0.1, 0.15) is 5.52 Å². The molecule has 4 aromatic carbocycles. The summed E-state index contributed by atoms with van der Waals surface area (Å²) < 4.78 is 5.99. The standard InChI is InChI=1S/C28H23ClN2O2/c1-3-17(2)19-11-13-26-25(15-19)31-28(33-26)22-10-12-23(29)24(16-22)30-27(32)21-9-8-18-6-4-5-7-20(18)14-21/h4-17H,3H2,1-2H3,(H,30,32)/t17-/m1/s1. The van der Waals surface area contributed by atoms with E-state index in [1.165, 1.54) is 5.56 Å². The number of nitrogens with one attached hydrogen (secondary N) is 1. The topological polar surface area (TPSA) is 55.1 Å². The second-order valence-electron chi connectivity index (χ2n) is 8.27. The van der Waals surface area contributed by atoms with Crippen LogP contribution in [0.3, 0.4) is 0 Å². The van der Waals surface area contributed by atoms with Gasteiger partial charge in [0, 0.05) is 11.1 Å². The Morgan fingerprint density at radius 3 is 2.64 bits per heavy atom. The Balaban J connectivity index is 1.44. The van der Waals surface area contributed by atoms with E-state index in [1.807, 2.05) is 54.6 Å². The van der Waals surface area contributed by atoms with Crippen LogP contribution < -0.4 is 5.32 Å². The molecule has 164 valence electrons. The highest BCUT2D eigenvalue weighted by atomic mass is 35.5. The Morgan fingerprint density at radius 2 is 1.82 bits per heavy atom. The molecule has 0 bridgehead atoms. The SMILES string of the molecule is CC[C@@H](C)c1ccc2oc(-c3ccc(Cl)c(NC(=O)c4ccc5ccccc5c4)c3)nc2c1. The lowest BCUT2D eigenvalue weighted by atomic mass is 9.98. The van der Waals surface area contributed by atoms with Crippen LogP contribution in [0.15, 0.2) is 83.3 Å². The zero-order valence-corrected chi connectivity index (χ0v) is 19.2. The molecule has 0 aliphatic rings. The van der Waals surface area contributed by atoms with Crippen molar-refractivity contribution in [3.8, 4) is 11.5 Å². The quantitative estimate of drug-likeness (QED) is 0.292. The Kier molecular flexibility index (Phi) is 5.61. The summed E-state index contributed by atoms with van der Waals surface area (Å²) in [5.41, 5.74) is 4.61. The molecule has 0 unspecified atom stereocenters. The van der Waals surface area contributed by atoms with Gasteiger partial charge in [-0.2, -0.15) is 0 Å². The summed E-state index contributed by atoms with van der Waals surface area (Å²) in [6.45, 7) is 4.37. The van der Waals surface area contributed by atoms with Crippen LogP contribution >= 0.6 is 11.6 Å².